The van der Waals surface area contributed by atoms with E-state index in [2.05, 4.69) is 47.6 Å². The van der Waals surface area contributed by atoms with E-state index in [0.717, 1.165) is 18.4 Å². The largest absolute Gasteiger partial charge is 0.506 e. The first kappa shape index (κ1) is 25.6. The van der Waals surface area contributed by atoms with E-state index < -0.39 is 0 Å². The van der Waals surface area contributed by atoms with Crippen LogP contribution in [0.4, 0.5) is 0 Å². The molecule has 0 radical (unpaired) electrons. The number of phenolic OH excluding ortho intramolecular Hbond substituents is 1. The van der Waals surface area contributed by atoms with Crippen LogP contribution in [-0.2, 0) is 6.42 Å². The lowest BCUT2D eigenvalue weighted by Gasteiger charge is -2.05. The fourth-order valence-corrected chi connectivity index (χ4v) is 3.30. The van der Waals surface area contributed by atoms with Gasteiger partial charge in [0.15, 0.2) is 0 Å². The molecule has 0 spiro atoms. The minimum absolute atomic E-state index is 0. The van der Waals surface area contributed by atoms with Gasteiger partial charge in [-0.15, -0.1) is 0 Å². The van der Waals surface area contributed by atoms with Crippen molar-refractivity contribution in [2.24, 2.45) is 0 Å². The Balaban J connectivity index is 0.000000320. The van der Waals surface area contributed by atoms with Crippen LogP contribution in [0, 0.1) is 0 Å². The minimum atomic E-state index is 0. The van der Waals surface area contributed by atoms with E-state index in [1.54, 1.807) is 18.3 Å². The molecule has 4 nitrogen and oxygen atoms in total. The van der Waals surface area contributed by atoms with Crippen molar-refractivity contribution >= 4 is 10.9 Å². The summed E-state index contributed by atoms with van der Waals surface area (Å²) in [4.78, 5) is 4.03. The van der Waals surface area contributed by atoms with E-state index in [9.17, 15) is 5.11 Å². The molecule has 30 heavy (non-hydrogen) atoms. The third-order valence-electron chi connectivity index (χ3n) is 5.00. The second-order valence-corrected chi connectivity index (χ2v) is 7.46. The molecule has 0 atom stereocenters. The number of hydrogen-bond acceptors (Lipinski definition) is 3. The summed E-state index contributed by atoms with van der Waals surface area (Å²) in [7, 11) is 0. The Morgan fingerprint density at radius 1 is 0.767 bits per heavy atom. The first-order valence-corrected chi connectivity index (χ1v) is 11.1. The molecule has 0 saturated heterocycles. The summed E-state index contributed by atoms with van der Waals surface area (Å²) < 4.78 is 0. The van der Waals surface area contributed by atoms with Gasteiger partial charge < -0.3 is 15.9 Å². The molecule has 3 rings (SSSR count). The lowest BCUT2D eigenvalue weighted by molar-refractivity contribution is 0.480. The van der Waals surface area contributed by atoms with Gasteiger partial charge in [0, 0.05) is 11.6 Å². The molecule has 4 heteroatoms. The Labute approximate surface area is 181 Å². The fourth-order valence-electron chi connectivity index (χ4n) is 3.30. The molecule has 4 N–H and O–H groups in total. The van der Waals surface area contributed by atoms with E-state index >= 15 is 0 Å². The summed E-state index contributed by atoms with van der Waals surface area (Å²) in [5.41, 5.74) is 2.10. The van der Waals surface area contributed by atoms with Crippen molar-refractivity contribution in [3.8, 4) is 5.75 Å². The van der Waals surface area contributed by atoms with Crippen LogP contribution in [0.3, 0.4) is 0 Å². The zero-order valence-corrected chi connectivity index (χ0v) is 18.3. The number of nitrogens with zero attached hydrogens (tertiary/aromatic N) is 1. The SMILES string of the molecule is CCCCCCCCCNCCc1ccccc1.O.Oc1cccc2cccnc12. The highest BCUT2D eigenvalue weighted by Crippen LogP contribution is 2.20. The molecular formula is C26H38N2O2. The maximum atomic E-state index is 9.31. The van der Waals surface area contributed by atoms with Gasteiger partial charge in [0.05, 0.1) is 0 Å². The third kappa shape index (κ3) is 10.4. The molecule has 1 aromatic heterocycles. The van der Waals surface area contributed by atoms with Gasteiger partial charge in [-0.05, 0) is 43.6 Å². The van der Waals surface area contributed by atoms with Crippen molar-refractivity contribution in [1.82, 2.24) is 10.3 Å². The van der Waals surface area contributed by atoms with Crippen molar-refractivity contribution < 1.29 is 10.6 Å². The van der Waals surface area contributed by atoms with Gasteiger partial charge in [-0.3, -0.25) is 4.98 Å². The predicted molar refractivity (Wildman–Crippen MR) is 128 cm³/mol. The van der Waals surface area contributed by atoms with Crippen molar-refractivity contribution in [1.29, 1.82) is 0 Å². The van der Waals surface area contributed by atoms with Crippen molar-refractivity contribution in [2.45, 2.75) is 58.3 Å². The molecule has 0 saturated carbocycles. The number of aromatic hydroxyl groups is 1. The van der Waals surface area contributed by atoms with Crippen molar-refractivity contribution in [3.05, 3.63) is 72.4 Å². The van der Waals surface area contributed by atoms with Crippen LogP contribution in [0.15, 0.2) is 66.9 Å². The highest BCUT2D eigenvalue weighted by molar-refractivity contribution is 5.83. The Kier molecular flexibility index (Phi) is 14.0. The number of hydrogen-bond donors (Lipinski definition) is 2. The molecule has 164 valence electrons. The summed E-state index contributed by atoms with van der Waals surface area (Å²) in [6, 6.07) is 19.8. The highest BCUT2D eigenvalue weighted by Gasteiger charge is 1.96. The Morgan fingerprint density at radius 3 is 2.20 bits per heavy atom. The summed E-state index contributed by atoms with van der Waals surface area (Å²) >= 11 is 0. The number of benzene rings is 2. The van der Waals surface area contributed by atoms with Crippen LogP contribution in [0.25, 0.3) is 10.9 Å². The van der Waals surface area contributed by atoms with E-state index in [1.165, 1.54) is 57.1 Å². The minimum Gasteiger partial charge on any atom is -0.506 e. The second-order valence-electron chi connectivity index (χ2n) is 7.46. The molecule has 0 aliphatic carbocycles. The topological polar surface area (TPSA) is 76.7 Å². The van der Waals surface area contributed by atoms with E-state index in [4.69, 9.17) is 0 Å². The number of nitrogens with one attached hydrogen (secondary N) is 1. The molecule has 0 bridgehead atoms. The maximum Gasteiger partial charge on any atom is 0.141 e. The van der Waals surface area contributed by atoms with Crippen molar-refractivity contribution in [3.63, 3.8) is 0 Å². The van der Waals surface area contributed by atoms with Gasteiger partial charge in [-0.2, -0.15) is 0 Å². The standard InChI is InChI=1S/C17H29N.C9H7NO.H2O/c1-2-3-4-5-6-7-11-15-18-16-14-17-12-9-8-10-13-17;11-8-5-1-3-7-4-2-6-10-9(7)8;/h8-10,12-13,18H,2-7,11,14-16H2,1H3;1-6,11H;1H2. The molecular weight excluding hydrogens is 372 g/mol. The molecule has 0 amide bonds. The first-order valence-electron chi connectivity index (χ1n) is 11.1. The quantitative estimate of drug-likeness (QED) is 0.399. The average Bonchev–Trinajstić information content (AvgIpc) is 2.77. The van der Waals surface area contributed by atoms with Crippen LogP contribution in [0.5, 0.6) is 5.75 Å². The molecule has 0 aliphatic heterocycles. The summed E-state index contributed by atoms with van der Waals surface area (Å²) in [6.45, 7) is 4.57. The number of rotatable bonds is 11. The average molecular weight is 411 g/mol. The number of pyridine rings is 1. The van der Waals surface area contributed by atoms with Crippen LogP contribution in [0.2, 0.25) is 0 Å². The zero-order chi connectivity index (χ0) is 20.6. The van der Waals surface area contributed by atoms with Gasteiger partial charge in [-0.1, -0.05) is 94.0 Å². The number of phenols is 1. The van der Waals surface area contributed by atoms with Crippen LogP contribution >= 0.6 is 0 Å². The molecule has 2 aromatic carbocycles. The zero-order valence-electron chi connectivity index (χ0n) is 18.3. The van der Waals surface area contributed by atoms with Gasteiger partial charge >= 0.3 is 0 Å². The summed E-state index contributed by atoms with van der Waals surface area (Å²) in [6.07, 6.45) is 12.6. The maximum absolute atomic E-state index is 9.31. The van der Waals surface area contributed by atoms with Gasteiger partial charge in [0.2, 0.25) is 0 Å². The predicted octanol–water partition coefficient (Wildman–Crippen LogP) is 5.69. The number of para-hydroxylation sites is 1. The van der Waals surface area contributed by atoms with Crippen LogP contribution < -0.4 is 5.32 Å². The molecule has 0 fully saturated rings. The van der Waals surface area contributed by atoms with E-state index in [1.807, 2.05) is 18.2 Å². The summed E-state index contributed by atoms with van der Waals surface area (Å²) in [5.74, 6) is 0.239. The van der Waals surface area contributed by atoms with Crippen LogP contribution in [-0.4, -0.2) is 28.7 Å². The Morgan fingerprint density at radius 2 is 1.47 bits per heavy atom. The van der Waals surface area contributed by atoms with Gasteiger partial charge in [-0.25, -0.2) is 0 Å². The lowest BCUT2D eigenvalue weighted by Crippen LogP contribution is -2.18. The summed E-state index contributed by atoms with van der Waals surface area (Å²) in [5, 5.41) is 13.8. The monoisotopic (exact) mass is 410 g/mol. The van der Waals surface area contributed by atoms with Crippen molar-refractivity contribution in [2.75, 3.05) is 13.1 Å². The second kappa shape index (κ2) is 16.4. The normalized spacial score (nSPS) is 10.2. The Hall–Kier alpha value is -2.43. The Bertz CT molecular complexity index is 788. The lowest BCUT2D eigenvalue weighted by atomic mass is 10.1. The van der Waals surface area contributed by atoms with E-state index in [0.29, 0.717) is 5.52 Å². The smallest absolute Gasteiger partial charge is 0.141 e. The van der Waals surface area contributed by atoms with Gasteiger partial charge in [0.1, 0.15) is 11.3 Å². The van der Waals surface area contributed by atoms with E-state index in [-0.39, 0.29) is 11.2 Å². The number of aromatic nitrogens is 1. The highest BCUT2D eigenvalue weighted by atomic mass is 16.3. The molecule has 1 heterocycles. The number of fused-ring (bicyclic) bond motifs is 1. The molecule has 0 aliphatic rings. The molecule has 0 unspecified atom stereocenters. The van der Waals surface area contributed by atoms with Crippen LogP contribution in [0.1, 0.15) is 57.4 Å². The third-order valence-corrected chi connectivity index (χ3v) is 5.00. The first-order chi connectivity index (χ1) is 14.3. The molecule has 3 aromatic rings. The fraction of sp³-hybridized carbons (Fsp3) is 0.423. The number of unbranched alkanes of at least 4 members (excludes halogenated alkanes) is 6. The van der Waals surface area contributed by atoms with Gasteiger partial charge in [0.25, 0.3) is 0 Å².